The number of amidine groups is 2. The van der Waals surface area contributed by atoms with Gasteiger partial charge in [-0.25, -0.2) is 9.98 Å². The fraction of sp³-hybridized carbons (Fsp3) is 0.167. The SMILES string of the molecule is C=N/C(COc1ccc(-c2cccc(Cl)c2Cl)c2c1C(N)=NCN2)=N\NC. The number of nitrogens with zero attached hydrogens (tertiary/aromatic N) is 3. The predicted octanol–water partition coefficient (Wildman–Crippen LogP) is 3.36. The van der Waals surface area contributed by atoms with Crippen LogP contribution in [0.15, 0.2) is 45.4 Å². The predicted molar refractivity (Wildman–Crippen MR) is 113 cm³/mol. The van der Waals surface area contributed by atoms with Gasteiger partial charge in [0.1, 0.15) is 24.9 Å². The molecule has 140 valence electrons. The van der Waals surface area contributed by atoms with E-state index in [-0.39, 0.29) is 6.61 Å². The van der Waals surface area contributed by atoms with Gasteiger partial charge in [0.15, 0.2) is 5.84 Å². The number of aliphatic imine (C=N–C) groups is 2. The van der Waals surface area contributed by atoms with Crippen LogP contribution >= 0.6 is 23.2 Å². The lowest BCUT2D eigenvalue weighted by Crippen LogP contribution is -2.25. The summed E-state index contributed by atoms with van der Waals surface area (Å²) in [6, 6.07) is 9.18. The van der Waals surface area contributed by atoms with Crippen molar-refractivity contribution >= 4 is 47.3 Å². The first-order valence-corrected chi connectivity index (χ1v) is 8.80. The summed E-state index contributed by atoms with van der Waals surface area (Å²) in [6.45, 7) is 3.96. The van der Waals surface area contributed by atoms with Crippen molar-refractivity contribution in [3.8, 4) is 16.9 Å². The average Bonchev–Trinajstić information content (AvgIpc) is 2.67. The van der Waals surface area contributed by atoms with Gasteiger partial charge in [0.2, 0.25) is 0 Å². The maximum atomic E-state index is 6.41. The van der Waals surface area contributed by atoms with Crippen LogP contribution in [0.25, 0.3) is 11.1 Å². The van der Waals surface area contributed by atoms with Gasteiger partial charge in [-0.1, -0.05) is 35.3 Å². The van der Waals surface area contributed by atoms with E-state index in [0.29, 0.717) is 39.7 Å². The highest BCUT2D eigenvalue weighted by atomic mass is 35.5. The maximum Gasteiger partial charge on any atom is 0.185 e. The molecule has 0 radical (unpaired) electrons. The highest BCUT2D eigenvalue weighted by molar-refractivity contribution is 6.43. The zero-order valence-corrected chi connectivity index (χ0v) is 16.1. The molecule has 1 heterocycles. The Morgan fingerprint density at radius 1 is 1.33 bits per heavy atom. The zero-order valence-electron chi connectivity index (χ0n) is 14.6. The third kappa shape index (κ3) is 3.84. The highest BCUT2D eigenvalue weighted by Crippen LogP contribution is 2.42. The van der Waals surface area contributed by atoms with Crippen LogP contribution in [0.4, 0.5) is 5.69 Å². The molecule has 1 aliphatic heterocycles. The van der Waals surface area contributed by atoms with E-state index in [2.05, 4.69) is 32.5 Å². The number of hydrogen-bond acceptors (Lipinski definition) is 6. The summed E-state index contributed by atoms with van der Waals surface area (Å²) >= 11 is 12.6. The van der Waals surface area contributed by atoms with Gasteiger partial charge in [0, 0.05) is 18.2 Å². The number of benzene rings is 2. The van der Waals surface area contributed by atoms with Gasteiger partial charge < -0.3 is 21.2 Å². The number of halogens is 2. The van der Waals surface area contributed by atoms with Crippen LogP contribution in [-0.2, 0) is 0 Å². The van der Waals surface area contributed by atoms with Crippen molar-refractivity contribution < 1.29 is 4.74 Å². The Morgan fingerprint density at radius 3 is 2.89 bits per heavy atom. The molecule has 1 aliphatic rings. The van der Waals surface area contributed by atoms with Crippen LogP contribution in [0.3, 0.4) is 0 Å². The van der Waals surface area contributed by atoms with Crippen molar-refractivity contribution in [2.75, 3.05) is 25.6 Å². The zero-order chi connectivity index (χ0) is 19.4. The number of ether oxygens (including phenoxy) is 1. The van der Waals surface area contributed by atoms with E-state index in [0.717, 1.165) is 16.8 Å². The molecule has 0 saturated carbocycles. The largest absolute Gasteiger partial charge is 0.485 e. The van der Waals surface area contributed by atoms with Crippen molar-refractivity contribution in [3.63, 3.8) is 0 Å². The molecule has 2 aromatic rings. The molecule has 0 bridgehead atoms. The molecule has 7 nitrogen and oxygen atoms in total. The fourth-order valence-electron chi connectivity index (χ4n) is 2.75. The van der Waals surface area contributed by atoms with E-state index >= 15 is 0 Å². The number of hydrazone groups is 1. The van der Waals surface area contributed by atoms with Gasteiger partial charge in [0.05, 0.1) is 21.3 Å². The van der Waals surface area contributed by atoms with Crippen LogP contribution in [-0.4, -0.2) is 38.7 Å². The second kappa shape index (κ2) is 8.28. The first-order chi connectivity index (χ1) is 13.1. The Balaban J connectivity index is 2.07. The first kappa shape index (κ1) is 19.0. The number of hydrogen-bond donors (Lipinski definition) is 3. The average molecular weight is 405 g/mol. The molecule has 0 unspecified atom stereocenters. The number of fused-ring (bicyclic) bond motifs is 1. The standard InChI is InChI=1S/C18H18Cl2N6O/c1-22-14(26-23-2)8-27-13-7-6-11(10-4-3-5-12(19)16(10)20)17-15(13)18(21)25-9-24-17/h3-7,23-24H,1,8-9H2,2H3,(H2,21,25)/b26-14-. The fourth-order valence-corrected chi connectivity index (χ4v) is 3.15. The lowest BCUT2D eigenvalue weighted by Gasteiger charge is -2.23. The third-order valence-electron chi connectivity index (χ3n) is 3.95. The summed E-state index contributed by atoms with van der Waals surface area (Å²) in [4.78, 5) is 8.07. The van der Waals surface area contributed by atoms with Gasteiger partial charge in [-0.15, -0.1) is 0 Å². The van der Waals surface area contributed by atoms with E-state index < -0.39 is 0 Å². The van der Waals surface area contributed by atoms with Crippen molar-refractivity contribution in [2.45, 2.75) is 0 Å². The first-order valence-electron chi connectivity index (χ1n) is 8.05. The monoisotopic (exact) mass is 404 g/mol. The van der Waals surface area contributed by atoms with E-state index in [1.54, 1.807) is 19.2 Å². The minimum Gasteiger partial charge on any atom is -0.485 e. The Morgan fingerprint density at radius 2 is 2.15 bits per heavy atom. The van der Waals surface area contributed by atoms with Gasteiger partial charge in [0.25, 0.3) is 0 Å². The summed E-state index contributed by atoms with van der Waals surface area (Å²) in [7, 11) is 1.67. The number of nitrogens with one attached hydrogen (secondary N) is 2. The molecule has 9 heteroatoms. The van der Waals surface area contributed by atoms with Crippen LogP contribution in [0.2, 0.25) is 10.0 Å². The second-order valence-corrected chi connectivity index (χ2v) is 6.32. The summed E-state index contributed by atoms with van der Waals surface area (Å²) in [5, 5.41) is 8.17. The summed E-state index contributed by atoms with van der Waals surface area (Å²) in [5.41, 5.74) is 11.9. The third-order valence-corrected chi connectivity index (χ3v) is 4.77. The second-order valence-electron chi connectivity index (χ2n) is 5.54. The van der Waals surface area contributed by atoms with Gasteiger partial charge in [-0.2, -0.15) is 5.10 Å². The molecule has 2 aromatic carbocycles. The van der Waals surface area contributed by atoms with Crippen LogP contribution < -0.4 is 21.2 Å². The van der Waals surface area contributed by atoms with Gasteiger partial charge >= 0.3 is 0 Å². The van der Waals surface area contributed by atoms with Crippen LogP contribution in [0, 0.1) is 0 Å². The van der Waals surface area contributed by atoms with Gasteiger partial charge in [-0.3, -0.25) is 0 Å². The normalized spacial score (nSPS) is 13.3. The maximum absolute atomic E-state index is 6.41. The number of nitrogens with two attached hydrogens (primary N) is 1. The molecule has 0 fully saturated rings. The topological polar surface area (TPSA) is 96.4 Å². The molecule has 27 heavy (non-hydrogen) atoms. The van der Waals surface area contributed by atoms with Crippen molar-refractivity contribution in [3.05, 3.63) is 45.9 Å². The Hall–Kier alpha value is -2.77. The molecule has 0 aliphatic carbocycles. The molecule has 0 aromatic heterocycles. The van der Waals surface area contributed by atoms with Crippen molar-refractivity contribution in [1.82, 2.24) is 5.43 Å². The molecular formula is C18H18Cl2N6O. The Kier molecular flexibility index (Phi) is 5.83. The summed E-state index contributed by atoms with van der Waals surface area (Å²) < 4.78 is 5.86. The molecular weight excluding hydrogens is 387 g/mol. The molecule has 0 spiro atoms. The Bertz CT molecular complexity index is 942. The minimum absolute atomic E-state index is 0.126. The van der Waals surface area contributed by atoms with E-state index in [4.69, 9.17) is 33.7 Å². The van der Waals surface area contributed by atoms with Crippen molar-refractivity contribution in [2.24, 2.45) is 20.8 Å². The molecule has 3 rings (SSSR count). The highest BCUT2D eigenvalue weighted by Gasteiger charge is 2.23. The Labute approximate surface area is 166 Å². The molecule has 0 atom stereocenters. The number of anilines is 1. The summed E-state index contributed by atoms with van der Waals surface area (Å²) in [5.74, 6) is 1.33. The van der Waals surface area contributed by atoms with Crippen molar-refractivity contribution in [1.29, 1.82) is 0 Å². The van der Waals surface area contributed by atoms with Gasteiger partial charge in [-0.05, 0) is 24.9 Å². The lowest BCUT2D eigenvalue weighted by atomic mass is 9.97. The lowest BCUT2D eigenvalue weighted by molar-refractivity contribution is 0.374. The minimum atomic E-state index is 0.126. The smallest absolute Gasteiger partial charge is 0.185 e. The molecule has 0 amide bonds. The van der Waals surface area contributed by atoms with E-state index in [1.165, 1.54) is 0 Å². The van der Waals surface area contributed by atoms with E-state index in [9.17, 15) is 0 Å². The molecule has 4 N–H and O–H groups in total. The quantitative estimate of drug-likeness (QED) is 0.404. The number of rotatable bonds is 5. The van der Waals surface area contributed by atoms with Crippen LogP contribution in [0.1, 0.15) is 5.56 Å². The van der Waals surface area contributed by atoms with Crippen LogP contribution in [0.5, 0.6) is 5.75 Å². The summed E-state index contributed by atoms with van der Waals surface area (Å²) in [6.07, 6.45) is 0. The molecule has 0 saturated heterocycles. The van der Waals surface area contributed by atoms with E-state index in [1.807, 2.05) is 18.2 Å².